The van der Waals surface area contributed by atoms with Crippen molar-refractivity contribution in [2.45, 2.75) is 63.3 Å². The van der Waals surface area contributed by atoms with Gasteiger partial charge >= 0.3 is 24.3 Å². The molecule has 6 nitrogen and oxygen atoms in total. The van der Waals surface area contributed by atoms with E-state index in [1.54, 1.807) is 0 Å². The highest BCUT2D eigenvalue weighted by Gasteiger charge is 2.38. The molecule has 0 aromatic carbocycles. The van der Waals surface area contributed by atoms with Crippen LogP contribution in [0, 0.1) is 0 Å². The minimum Gasteiger partial charge on any atom is -0.475 e. The molecule has 5 N–H and O–H groups in total. The predicted octanol–water partition coefficient (Wildman–Crippen LogP) is 2.83. The maximum Gasteiger partial charge on any atom is 0.490 e. The van der Waals surface area contributed by atoms with Gasteiger partial charge in [0.2, 0.25) is 0 Å². The van der Waals surface area contributed by atoms with E-state index in [1.165, 1.54) is 44.9 Å². The Kier molecular flexibility index (Phi) is 12.2. The van der Waals surface area contributed by atoms with Gasteiger partial charge in [-0.25, -0.2) is 9.59 Å². The van der Waals surface area contributed by atoms with Gasteiger partial charge in [0.1, 0.15) is 0 Å². The third kappa shape index (κ3) is 15.3. The van der Waals surface area contributed by atoms with Crippen LogP contribution in [0.25, 0.3) is 0 Å². The highest BCUT2D eigenvalue weighted by Crippen LogP contribution is 2.16. The van der Waals surface area contributed by atoms with Crippen molar-refractivity contribution in [1.29, 1.82) is 0 Å². The molecule has 144 valence electrons. The van der Waals surface area contributed by atoms with E-state index in [-0.39, 0.29) is 0 Å². The number of hydrogen-bond acceptors (Lipinski definition) is 4. The lowest BCUT2D eigenvalue weighted by Gasteiger charge is -2.17. The zero-order chi connectivity index (χ0) is 19.4. The van der Waals surface area contributed by atoms with Crippen molar-refractivity contribution in [3.63, 3.8) is 0 Å². The number of aliphatic carboxylic acids is 2. The number of rotatable bonds is 1. The standard InChI is InChI=1S/C8H18N2.2C2HF3O2/c9-10-8-6-4-2-1-3-5-7-8;2*3-2(4,5)1(6)7/h8,10H,1-7,9H2;2*(H,6,7). The summed E-state index contributed by atoms with van der Waals surface area (Å²) in [6.07, 6.45) is -0.676. The molecule has 1 rings (SSSR count). The Bertz CT molecular complexity index is 342. The fourth-order valence-electron chi connectivity index (χ4n) is 1.62. The molecule has 0 atom stereocenters. The van der Waals surface area contributed by atoms with Crippen molar-refractivity contribution >= 4 is 11.9 Å². The first-order chi connectivity index (χ1) is 10.8. The molecule has 0 spiro atoms. The van der Waals surface area contributed by atoms with Gasteiger partial charge in [-0.1, -0.05) is 32.1 Å². The average molecular weight is 370 g/mol. The molecule has 1 saturated carbocycles. The van der Waals surface area contributed by atoms with Gasteiger partial charge in [0.25, 0.3) is 0 Å². The van der Waals surface area contributed by atoms with Crippen LogP contribution >= 0.6 is 0 Å². The van der Waals surface area contributed by atoms with Crippen LogP contribution in [0.5, 0.6) is 0 Å². The van der Waals surface area contributed by atoms with Crippen LogP contribution in [0.1, 0.15) is 44.9 Å². The SMILES string of the molecule is NNC1CCCCCCC1.O=C(O)C(F)(F)F.O=C(O)C(F)(F)F. The topological polar surface area (TPSA) is 113 Å². The molecule has 24 heavy (non-hydrogen) atoms. The molecule has 0 unspecified atom stereocenters. The molecule has 0 radical (unpaired) electrons. The molecule has 12 heteroatoms. The molecular formula is C12H20F6N2O4. The van der Waals surface area contributed by atoms with Crippen molar-refractivity contribution < 1.29 is 46.1 Å². The number of alkyl halides is 6. The van der Waals surface area contributed by atoms with Gasteiger partial charge < -0.3 is 10.2 Å². The molecule has 0 aliphatic heterocycles. The predicted molar refractivity (Wildman–Crippen MR) is 70.8 cm³/mol. The van der Waals surface area contributed by atoms with E-state index in [9.17, 15) is 26.3 Å². The molecule has 1 aliphatic carbocycles. The van der Waals surface area contributed by atoms with Crippen molar-refractivity contribution in [3.8, 4) is 0 Å². The monoisotopic (exact) mass is 370 g/mol. The van der Waals surface area contributed by atoms with E-state index in [0.717, 1.165) is 0 Å². The lowest BCUT2D eigenvalue weighted by Crippen LogP contribution is -2.35. The fourth-order valence-corrected chi connectivity index (χ4v) is 1.62. The zero-order valence-corrected chi connectivity index (χ0v) is 12.6. The third-order valence-corrected chi connectivity index (χ3v) is 2.83. The van der Waals surface area contributed by atoms with Crippen molar-refractivity contribution in [1.82, 2.24) is 5.43 Å². The number of carboxylic acids is 2. The largest absolute Gasteiger partial charge is 0.490 e. The molecule has 0 amide bonds. The van der Waals surface area contributed by atoms with Crippen LogP contribution in [0.3, 0.4) is 0 Å². The number of nitrogens with one attached hydrogen (secondary N) is 1. The Hall–Kier alpha value is -1.56. The number of carboxylic acid groups (broad SMARTS) is 2. The summed E-state index contributed by atoms with van der Waals surface area (Å²) >= 11 is 0. The number of nitrogens with two attached hydrogens (primary N) is 1. The first-order valence-corrected chi connectivity index (χ1v) is 6.88. The third-order valence-electron chi connectivity index (χ3n) is 2.83. The first-order valence-electron chi connectivity index (χ1n) is 6.88. The van der Waals surface area contributed by atoms with Crippen LogP contribution in [0.15, 0.2) is 0 Å². The normalized spacial score (nSPS) is 16.5. The van der Waals surface area contributed by atoms with E-state index >= 15 is 0 Å². The molecule has 1 aliphatic rings. The summed E-state index contributed by atoms with van der Waals surface area (Å²) in [5.41, 5.74) is 2.87. The number of carbonyl (C=O) groups is 2. The van der Waals surface area contributed by atoms with Gasteiger partial charge in [-0.15, -0.1) is 0 Å². The number of hydrogen-bond donors (Lipinski definition) is 4. The second kappa shape index (κ2) is 11.9. The Labute approximate surface area is 134 Å². The second-order valence-corrected chi connectivity index (χ2v) is 4.81. The first kappa shape index (κ1) is 24.7. The van der Waals surface area contributed by atoms with E-state index in [1.807, 2.05) is 0 Å². The Morgan fingerprint density at radius 1 is 0.792 bits per heavy atom. The number of hydrazine groups is 1. The van der Waals surface area contributed by atoms with Crippen molar-refractivity contribution in [2.75, 3.05) is 0 Å². The minimum atomic E-state index is -5.08. The summed E-state index contributed by atoms with van der Waals surface area (Å²) in [7, 11) is 0. The molecule has 0 heterocycles. The van der Waals surface area contributed by atoms with E-state index in [0.29, 0.717) is 6.04 Å². The van der Waals surface area contributed by atoms with Crippen LogP contribution < -0.4 is 11.3 Å². The van der Waals surface area contributed by atoms with Gasteiger partial charge in [0, 0.05) is 6.04 Å². The summed E-state index contributed by atoms with van der Waals surface area (Å²) in [5.74, 6) is -0.140. The van der Waals surface area contributed by atoms with Crippen LogP contribution in [0.2, 0.25) is 0 Å². The maximum absolute atomic E-state index is 10.6. The van der Waals surface area contributed by atoms with Gasteiger partial charge in [0.05, 0.1) is 0 Å². The van der Waals surface area contributed by atoms with Crippen LogP contribution in [0.4, 0.5) is 26.3 Å². The van der Waals surface area contributed by atoms with Crippen molar-refractivity contribution in [2.24, 2.45) is 5.84 Å². The van der Waals surface area contributed by atoms with Gasteiger partial charge in [-0.2, -0.15) is 26.3 Å². The molecule has 0 bridgehead atoms. The Morgan fingerprint density at radius 3 is 1.25 bits per heavy atom. The second-order valence-electron chi connectivity index (χ2n) is 4.81. The lowest BCUT2D eigenvalue weighted by atomic mass is 9.97. The van der Waals surface area contributed by atoms with Gasteiger partial charge in [-0.05, 0) is 12.8 Å². The highest BCUT2D eigenvalue weighted by atomic mass is 19.4. The fraction of sp³-hybridized carbons (Fsp3) is 0.833. The molecule has 0 saturated heterocycles. The summed E-state index contributed by atoms with van der Waals surface area (Å²) in [6.45, 7) is 0. The van der Waals surface area contributed by atoms with E-state index < -0.39 is 24.3 Å². The summed E-state index contributed by atoms with van der Waals surface area (Å²) in [6, 6.07) is 0.597. The molecule has 0 aromatic heterocycles. The Balaban J connectivity index is 0. The van der Waals surface area contributed by atoms with Crippen LogP contribution in [-0.2, 0) is 9.59 Å². The van der Waals surface area contributed by atoms with E-state index in [2.05, 4.69) is 5.43 Å². The molecule has 1 fully saturated rings. The Morgan fingerprint density at radius 2 is 1.04 bits per heavy atom. The van der Waals surface area contributed by atoms with Gasteiger partial charge in [-0.3, -0.25) is 11.3 Å². The molecule has 0 aromatic rings. The zero-order valence-electron chi connectivity index (χ0n) is 12.6. The van der Waals surface area contributed by atoms with E-state index in [4.69, 9.17) is 25.6 Å². The van der Waals surface area contributed by atoms with Crippen molar-refractivity contribution in [3.05, 3.63) is 0 Å². The minimum absolute atomic E-state index is 0.597. The summed E-state index contributed by atoms with van der Waals surface area (Å²) in [4.78, 5) is 17.8. The quantitative estimate of drug-likeness (QED) is 0.321. The summed E-state index contributed by atoms with van der Waals surface area (Å²) < 4.78 is 63.5. The maximum atomic E-state index is 10.6. The van der Waals surface area contributed by atoms with Gasteiger partial charge in [0.15, 0.2) is 0 Å². The molecular weight excluding hydrogens is 350 g/mol. The average Bonchev–Trinajstić information content (AvgIpc) is 2.37. The smallest absolute Gasteiger partial charge is 0.475 e. The number of halogens is 6. The van der Waals surface area contributed by atoms with Crippen LogP contribution in [-0.4, -0.2) is 40.5 Å². The summed E-state index contributed by atoms with van der Waals surface area (Å²) in [5, 5.41) is 14.2. The highest BCUT2D eigenvalue weighted by molar-refractivity contribution is 5.73. The lowest BCUT2D eigenvalue weighted by molar-refractivity contribution is -0.193.